The second-order valence-corrected chi connectivity index (χ2v) is 26.1. The van der Waals surface area contributed by atoms with Crippen LogP contribution in [0.1, 0.15) is 98.2 Å². The minimum absolute atomic E-state index is 0.243. The summed E-state index contributed by atoms with van der Waals surface area (Å²) in [5, 5.41) is 47.6. The summed E-state index contributed by atoms with van der Waals surface area (Å²) in [5.41, 5.74) is 26.9. The molecule has 0 saturated heterocycles. The first-order valence-electron chi connectivity index (χ1n) is 35.4. The van der Waals surface area contributed by atoms with Crippen molar-refractivity contribution < 1.29 is 33.9 Å². The maximum Gasteiger partial charge on any atom is 0.254 e. The number of pyridine rings is 8. The largest absolute Gasteiger partial charge is 0.399 e. The van der Waals surface area contributed by atoms with Gasteiger partial charge < -0.3 is 91.1 Å². The number of nitrogens with zero attached hydrogens (tertiary/aromatic N) is 8. The molecule has 0 unspecified atom stereocenters. The molecule has 0 fully saturated rings. The van der Waals surface area contributed by atoms with E-state index >= 15 is 0 Å². The smallest absolute Gasteiger partial charge is 0.254 e. The van der Waals surface area contributed by atoms with Crippen molar-refractivity contribution in [3.8, 4) is 0 Å². The van der Waals surface area contributed by atoms with Gasteiger partial charge in [0, 0.05) is 130 Å². The number of para-hydroxylation sites is 4. The minimum atomic E-state index is -1.04. The second-order valence-electron chi connectivity index (χ2n) is 25.7. The number of hydrogen-bond acceptors (Lipinski definition) is 24. The van der Waals surface area contributed by atoms with Gasteiger partial charge in [-0.05, 0) is 118 Å². The van der Waals surface area contributed by atoms with Crippen LogP contribution in [0, 0.1) is 13.8 Å². The second kappa shape index (κ2) is 38.3. The van der Waals surface area contributed by atoms with Crippen LogP contribution in [-0.2, 0) is 5.60 Å². The number of halogens is 1. The number of aromatic amines is 1. The van der Waals surface area contributed by atoms with Crippen LogP contribution >= 0.6 is 11.6 Å². The Bertz CT molecular complexity index is 5700. The van der Waals surface area contributed by atoms with Crippen molar-refractivity contribution in [2.24, 2.45) is 17.2 Å². The Morgan fingerprint density at radius 1 is 0.383 bits per heavy atom. The monoisotopic (exact) mass is 1560 g/mol. The number of nitrogens with one attached hydrogen (secondary N) is 13. The molecule has 0 spiro atoms. The number of hydrogen-bond donors (Lipinski definition) is 17. The van der Waals surface area contributed by atoms with Crippen molar-refractivity contribution in [3.05, 3.63) is 293 Å². The maximum atomic E-state index is 12.3. The van der Waals surface area contributed by atoms with Crippen LogP contribution in [0.2, 0.25) is 5.02 Å². The lowest BCUT2D eigenvalue weighted by Crippen LogP contribution is -2.21. The molecule has 6 amide bonds. The molecule has 0 saturated carbocycles. The number of fused-ring (bicyclic) bond motifs is 1. The third kappa shape index (κ3) is 22.2. The molecular formula is C83H83ClN24O7. The molecule has 0 radical (unpaired) electrons. The Kier molecular flexibility index (Phi) is 27.4. The van der Waals surface area contributed by atoms with Crippen LogP contribution in [-0.4, -0.2) is 114 Å². The van der Waals surface area contributed by atoms with E-state index in [-0.39, 0.29) is 23.6 Å². The van der Waals surface area contributed by atoms with Crippen LogP contribution < -0.4 is 81.0 Å². The van der Waals surface area contributed by atoms with Crippen LogP contribution in [0.15, 0.2) is 232 Å². The number of carbonyl (C=O) groups is 6. The third-order valence-corrected chi connectivity index (χ3v) is 17.2. The number of rotatable bonds is 24. The molecule has 0 bridgehead atoms. The van der Waals surface area contributed by atoms with Crippen molar-refractivity contribution in [1.82, 2.24) is 66.1 Å². The fourth-order valence-corrected chi connectivity index (χ4v) is 11.2. The molecule has 32 heteroatoms. The van der Waals surface area contributed by atoms with E-state index in [4.69, 9.17) is 28.8 Å². The Labute approximate surface area is 666 Å². The van der Waals surface area contributed by atoms with Gasteiger partial charge in [-0.2, -0.15) is 0 Å². The number of carbonyl (C=O) groups excluding carboxylic acids is 6. The molecule has 13 rings (SSSR count). The van der Waals surface area contributed by atoms with Crippen molar-refractivity contribution in [3.63, 3.8) is 0 Å². The number of aromatic nitrogens is 9. The summed E-state index contributed by atoms with van der Waals surface area (Å²) >= 11 is 6.22. The maximum absolute atomic E-state index is 12.3. The first kappa shape index (κ1) is 82.1. The Morgan fingerprint density at radius 3 is 1.14 bits per heavy atom. The molecule has 115 heavy (non-hydrogen) atoms. The Morgan fingerprint density at radius 2 is 0.739 bits per heavy atom. The predicted molar refractivity (Wildman–Crippen MR) is 451 cm³/mol. The van der Waals surface area contributed by atoms with E-state index in [9.17, 15) is 33.9 Å². The van der Waals surface area contributed by atoms with Crippen molar-refractivity contribution >= 4 is 156 Å². The van der Waals surface area contributed by atoms with E-state index in [1.165, 1.54) is 38.9 Å². The van der Waals surface area contributed by atoms with Gasteiger partial charge in [0.1, 0.15) is 46.5 Å². The summed E-state index contributed by atoms with van der Waals surface area (Å²) in [6, 6.07) is 50.0. The van der Waals surface area contributed by atoms with Gasteiger partial charge in [-0.1, -0.05) is 84.9 Å². The molecule has 13 aromatic rings. The summed E-state index contributed by atoms with van der Waals surface area (Å²) in [6.07, 6.45) is 14.6. The molecule has 31 nitrogen and oxygen atoms in total. The summed E-state index contributed by atoms with van der Waals surface area (Å²) in [4.78, 5) is 110. The Balaban J connectivity index is 0.000000162. The topological polar surface area (TPSA) is 464 Å². The van der Waals surface area contributed by atoms with Gasteiger partial charge in [0.25, 0.3) is 35.4 Å². The molecular weight excluding hydrogens is 1480 g/mol. The number of nitrogens with two attached hydrogens (primary N) is 3. The fraction of sp³-hybridized carbons (Fsp3) is 0.108. The predicted octanol–water partition coefficient (Wildman–Crippen LogP) is 13.4. The molecule has 0 aliphatic rings. The quantitative estimate of drug-likeness (QED) is 0.0267. The van der Waals surface area contributed by atoms with E-state index in [0.29, 0.717) is 136 Å². The van der Waals surface area contributed by atoms with Crippen molar-refractivity contribution in [2.75, 3.05) is 70.7 Å². The van der Waals surface area contributed by atoms with Gasteiger partial charge in [0.05, 0.1) is 95.5 Å². The van der Waals surface area contributed by atoms with Gasteiger partial charge in [0.15, 0.2) is 0 Å². The lowest BCUT2D eigenvalue weighted by molar-refractivity contribution is 0.0792. The number of H-pyrrole nitrogens is 1. The zero-order chi connectivity index (χ0) is 82.3. The molecule has 20 N–H and O–H groups in total. The summed E-state index contributed by atoms with van der Waals surface area (Å²) < 4.78 is 0. The number of aliphatic hydroxyl groups is 1. The van der Waals surface area contributed by atoms with E-state index < -0.39 is 17.4 Å². The van der Waals surface area contributed by atoms with Crippen LogP contribution in [0.3, 0.4) is 0 Å². The average Bonchev–Trinajstić information content (AvgIpc) is 1.52. The number of aryl methyl sites for hydroxylation is 2. The molecule has 0 atom stereocenters. The fourth-order valence-electron chi connectivity index (χ4n) is 11.0. The first-order chi connectivity index (χ1) is 55.3. The highest BCUT2D eigenvalue weighted by Crippen LogP contribution is 2.35. The lowest BCUT2D eigenvalue weighted by Gasteiger charge is -2.23. The summed E-state index contributed by atoms with van der Waals surface area (Å²) in [7, 11) is 6.19. The van der Waals surface area contributed by atoms with Crippen molar-refractivity contribution in [2.45, 2.75) is 33.3 Å². The highest BCUT2D eigenvalue weighted by Gasteiger charge is 2.23. The molecule has 4 aromatic carbocycles. The molecule has 0 aliphatic heterocycles. The highest BCUT2D eigenvalue weighted by atomic mass is 35.5. The third-order valence-electron chi connectivity index (χ3n) is 16.8. The van der Waals surface area contributed by atoms with E-state index in [0.717, 1.165) is 33.2 Å². The summed E-state index contributed by atoms with van der Waals surface area (Å²) in [5.74, 6) is 2.09. The van der Waals surface area contributed by atoms with Crippen LogP contribution in [0.5, 0.6) is 0 Å². The SMILES string of the molecule is C=C(N)c1ccnc(Nc2cc(Nc3ccccc3C(N)=O)c(C(=O)NC)cn2)c1.CNC(=O)c1cnc(Nc2cc3cc[nH]c3cn2)cc1Nc1ccccc1C(N)=O.CNC(=O)c1cnc(Nc2ccc(C)cn2)cc1Nc1ccccc1C(C)(C)O.CNC(=O)c1cnc(Nc2ccc(C)cn2)cc1Nc1ccccc1Cl. The van der Waals surface area contributed by atoms with Gasteiger partial charge >= 0.3 is 0 Å². The Hall–Kier alpha value is -15.4. The lowest BCUT2D eigenvalue weighted by atomic mass is 9.96. The molecule has 584 valence electrons. The normalized spacial score (nSPS) is 10.5. The highest BCUT2D eigenvalue weighted by molar-refractivity contribution is 6.33. The average molecular weight is 1560 g/mol. The molecule has 9 heterocycles. The van der Waals surface area contributed by atoms with Gasteiger partial charge in [-0.25, -0.2) is 39.9 Å². The van der Waals surface area contributed by atoms with Crippen LogP contribution in [0.25, 0.3) is 16.6 Å². The van der Waals surface area contributed by atoms with Crippen molar-refractivity contribution in [1.29, 1.82) is 0 Å². The summed E-state index contributed by atoms with van der Waals surface area (Å²) in [6.45, 7) is 11.1. The number of primary amides is 2. The van der Waals surface area contributed by atoms with Gasteiger partial charge in [-0.15, -0.1) is 0 Å². The van der Waals surface area contributed by atoms with Gasteiger partial charge in [-0.3, -0.25) is 28.8 Å². The van der Waals surface area contributed by atoms with Crippen LogP contribution in [0.4, 0.5) is 92.0 Å². The zero-order valence-electron chi connectivity index (χ0n) is 63.7. The zero-order valence-corrected chi connectivity index (χ0v) is 64.4. The molecule has 9 aromatic heterocycles. The standard InChI is InChI=1S/C22H25N5O2.C21H19N7O2.C21H21N7O2.C19H18ClN5O/c1-14-9-10-19(24-12-14)27-20-11-18(15(13-25-20)21(28)23-4)26-17-8-6-5-7-16(17)22(2,3)29;1-23-21(30)14-10-25-19(28-18-8-12-6-7-24-17(12)11-26-18)9-16(14)27-15-5-3-2-4-13(15)20(22)29;1-12(22)13-7-8-25-18(9-13)28-19-10-17(15(11-26-19)21(30)24-2)27-16-6-4-3-5-14(16)20(23)29;1-12-7-8-17(22-10-12)25-18-9-16(13(11-23-18)19(26)21-2)24-15-6-4-3-5-14(15)20/h5-13,29H,1-4H3,(H,23,28)(H2,24,25,26,27);2-11,24H,1H3,(H2,22,29)(H,23,30)(H2,25,26,27,28);3-11H,1,22H2,2H3,(H2,23,29)(H,24,30)(H2,25,26,27,28);3-11H,1-2H3,(H,21,26)(H2,22,23,24,25). The number of benzene rings is 4. The minimum Gasteiger partial charge on any atom is -0.399 e. The van der Waals surface area contributed by atoms with Gasteiger partial charge in [0.2, 0.25) is 0 Å². The van der Waals surface area contributed by atoms with E-state index in [1.807, 2.05) is 98.9 Å². The van der Waals surface area contributed by atoms with E-state index in [1.54, 1.807) is 144 Å². The first-order valence-corrected chi connectivity index (χ1v) is 35.7. The molecule has 0 aliphatic carbocycles. The van der Waals surface area contributed by atoms with E-state index in [2.05, 4.69) is 115 Å². The number of amides is 6. The number of anilines is 16.